The number of hydrogen-bond acceptors (Lipinski definition) is 4. The van der Waals surface area contributed by atoms with Crippen LogP contribution in [0.1, 0.15) is 113 Å². The number of rotatable bonds is 0. The molecule has 0 saturated carbocycles. The van der Waals surface area contributed by atoms with Crippen LogP contribution in [0.2, 0.25) is 0 Å². The first kappa shape index (κ1) is 89.6. The lowest BCUT2D eigenvalue weighted by Gasteiger charge is -1.69. The van der Waals surface area contributed by atoms with Crippen molar-refractivity contribution in [3.63, 3.8) is 0 Å². The molecule has 0 spiro atoms. The predicted molar refractivity (Wildman–Crippen MR) is 274 cm³/mol. The molecule has 5 heteroatoms. The summed E-state index contributed by atoms with van der Waals surface area (Å²) in [7, 11) is 3.83. The summed E-state index contributed by atoms with van der Waals surface area (Å²) in [5, 5.41) is 0. The van der Waals surface area contributed by atoms with Crippen LogP contribution in [0.25, 0.3) is 0 Å². The van der Waals surface area contributed by atoms with Gasteiger partial charge in [0.2, 0.25) is 0 Å². The molecule has 0 N–H and O–H groups in total. The minimum Gasteiger partial charge on any atom is -0.388 e. The Morgan fingerprint density at radius 3 is 0.263 bits per heavy atom. The minimum absolute atomic E-state index is 0. The van der Waals surface area contributed by atoms with E-state index >= 15 is 0 Å². The van der Waals surface area contributed by atoms with Gasteiger partial charge in [-0.3, -0.25) is 0 Å². The zero-order valence-electron chi connectivity index (χ0n) is 37.4. The molecule has 0 unspecified atom stereocenters. The SMILES string of the molecule is C.C.C.C.CC.CC.CC.CC.CC.CC.COC.COC.CS(C)(=O)=O.c1ccccc1.c1ccccc1.c1ccccc1.c1ccccc1.c1ccccc1. The van der Waals surface area contributed by atoms with Crippen LogP contribution in [0.4, 0.5) is 0 Å². The van der Waals surface area contributed by atoms with E-state index < -0.39 is 9.84 Å². The number of benzene rings is 5. The molecule has 338 valence electrons. The molecule has 5 aromatic rings. The Hall–Kier alpha value is -4.03. The summed E-state index contributed by atoms with van der Waals surface area (Å²) in [5.74, 6) is 0. The fourth-order valence-electron chi connectivity index (χ4n) is 1.92. The highest BCUT2D eigenvalue weighted by molar-refractivity contribution is 7.89. The van der Waals surface area contributed by atoms with Crippen LogP contribution < -0.4 is 0 Å². The van der Waals surface area contributed by atoms with Gasteiger partial charge in [-0.2, -0.15) is 0 Å². The molecule has 0 fully saturated rings. The van der Waals surface area contributed by atoms with Crippen molar-refractivity contribution in [2.24, 2.45) is 0 Å². The Morgan fingerprint density at radius 1 is 0.228 bits per heavy atom. The van der Waals surface area contributed by atoms with Gasteiger partial charge in [-0.15, -0.1) is 0 Å². The van der Waals surface area contributed by atoms with Crippen LogP contribution in [-0.2, 0) is 19.3 Å². The maximum Gasteiger partial charge on any atom is 0.144 e. The van der Waals surface area contributed by atoms with Crippen LogP contribution in [-0.4, -0.2) is 49.4 Å². The van der Waals surface area contributed by atoms with Crippen LogP contribution in [0.5, 0.6) is 0 Å². The highest BCUT2D eigenvalue weighted by Gasteiger charge is 1.79. The van der Waals surface area contributed by atoms with Crippen LogP contribution in [0.15, 0.2) is 182 Å². The summed E-state index contributed by atoms with van der Waals surface area (Å²) >= 11 is 0. The summed E-state index contributed by atoms with van der Waals surface area (Å²) in [5.41, 5.74) is 0. The number of hydrogen-bond donors (Lipinski definition) is 0. The van der Waals surface area contributed by atoms with E-state index in [2.05, 4.69) is 9.47 Å². The molecule has 57 heavy (non-hydrogen) atoms. The van der Waals surface area contributed by atoms with Gasteiger partial charge in [-0.25, -0.2) is 8.42 Å². The molecule has 0 aromatic heterocycles. The summed E-state index contributed by atoms with van der Waals surface area (Å²) < 4.78 is 27.8. The van der Waals surface area contributed by atoms with E-state index in [1.165, 1.54) is 0 Å². The lowest BCUT2D eigenvalue weighted by molar-refractivity contribution is 0.277. The van der Waals surface area contributed by atoms with Crippen LogP contribution in [0.3, 0.4) is 0 Å². The first-order valence-corrected chi connectivity index (χ1v) is 21.1. The van der Waals surface area contributed by atoms with Gasteiger partial charge in [0, 0.05) is 41.0 Å². The van der Waals surface area contributed by atoms with Crippen molar-refractivity contribution < 1.29 is 17.9 Å². The molecule has 0 aliphatic rings. The maximum atomic E-state index is 9.63. The normalized spacial score (nSPS) is 6.49. The molecule has 4 nitrogen and oxygen atoms in total. The standard InChI is InChI=1S/5C6H6.C2H6O2S.2C2H6O.6C2H6.4CH4/c5*1-2-4-6-5-3-1;1-5(2,3)4;2*1-3-2;6*1-2;;;;/h5*1-6H;1-2H3;2*1-2H3;6*1-2H3;4*1H4. The van der Waals surface area contributed by atoms with Gasteiger partial charge in [-0.1, -0.05) is 295 Å². The Balaban J connectivity index is -0.0000000339. The predicted octanol–water partition coefficient (Wildman–Crippen LogP) is 17.3. The molecule has 5 rings (SSSR count). The quantitative estimate of drug-likeness (QED) is 0.156. The first-order chi connectivity index (χ1) is 25.8. The zero-order valence-corrected chi connectivity index (χ0v) is 38.2. The highest BCUT2D eigenvalue weighted by Crippen LogP contribution is 1.82. The van der Waals surface area contributed by atoms with E-state index in [9.17, 15) is 8.42 Å². The van der Waals surface area contributed by atoms with Gasteiger partial charge < -0.3 is 9.47 Å². The second kappa shape index (κ2) is 117. The van der Waals surface area contributed by atoms with E-state index in [0.717, 1.165) is 12.5 Å². The van der Waals surface area contributed by atoms with E-state index in [1.54, 1.807) is 28.4 Å². The van der Waals surface area contributed by atoms with E-state index in [0.29, 0.717) is 0 Å². The molecule has 0 amide bonds. The summed E-state index contributed by atoms with van der Waals surface area (Å²) in [6.07, 6.45) is 2.32. The average Bonchev–Trinajstić information content (AvgIpc) is 3.26. The molecular formula is C52H100O4S. The van der Waals surface area contributed by atoms with Crippen molar-refractivity contribution in [2.45, 2.75) is 113 Å². The third-order valence-corrected chi connectivity index (χ3v) is 3.33. The molecule has 0 bridgehead atoms. The molecule has 0 aliphatic heterocycles. The molecule has 0 radical (unpaired) electrons. The average molecular weight is 821 g/mol. The van der Waals surface area contributed by atoms with Gasteiger partial charge in [0.05, 0.1) is 0 Å². The molecule has 5 aromatic carbocycles. The Labute approximate surface area is 362 Å². The maximum absolute atomic E-state index is 9.63. The third kappa shape index (κ3) is 192. The van der Waals surface area contributed by atoms with E-state index in [4.69, 9.17) is 0 Å². The van der Waals surface area contributed by atoms with Crippen molar-refractivity contribution in [3.05, 3.63) is 182 Å². The first-order valence-electron chi connectivity index (χ1n) is 18.8. The zero-order chi connectivity index (χ0) is 43.1. The van der Waals surface area contributed by atoms with Gasteiger partial charge in [-0.05, 0) is 0 Å². The van der Waals surface area contributed by atoms with Crippen molar-refractivity contribution in [1.29, 1.82) is 0 Å². The lowest BCUT2D eigenvalue weighted by Crippen LogP contribution is -1.86. The monoisotopic (exact) mass is 821 g/mol. The Kier molecular flexibility index (Phi) is 184. The van der Waals surface area contributed by atoms with Crippen molar-refractivity contribution in [3.8, 4) is 0 Å². The Bertz CT molecular complexity index is 803. The number of sulfone groups is 1. The smallest absolute Gasteiger partial charge is 0.144 e. The van der Waals surface area contributed by atoms with Crippen LogP contribution in [0, 0.1) is 0 Å². The largest absolute Gasteiger partial charge is 0.388 e. The van der Waals surface area contributed by atoms with Crippen molar-refractivity contribution in [2.75, 3.05) is 41.0 Å². The van der Waals surface area contributed by atoms with E-state index in [1.807, 2.05) is 265 Å². The summed E-state index contributed by atoms with van der Waals surface area (Å²) in [6.45, 7) is 24.0. The molecule has 0 aliphatic carbocycles. The van der Waals surface area contributed by atoms with Gasteiger partial charge in [0.25, 0.3) is 0 Å². The van der Waals surface area contributed by atoms with Gasteiger partial charge in [0.1, 0.15) is 9.84 Å². The summed E-state index contributed by atoms with van der Waals surface area (Å²) in [4.78, 5) is 0. The number of ether oxygens (including phenoxy) is 2. The number of methoxy groups -OCH3 is 2. The van der Waals surface area contributed by atoms with Crippen LogP contribution >= 0.6 is 0 Å². The molecule has 0 heterocycles. The third-order valence-electron chi connectivity index (χ3n) is 3.33. The summed E-state index contributed by atoms with van der Waals surface area (Å²) in [6, 6.07) is 60.0. The second-order valence-corrected chi connectivity index (χ2v) is 10.0. The fraction of sp³-hybridized carbons (Fsp3) is 0.423. The van der Waals surface area contributed by atoms with Gasteiger partial charge >= 0.3 is 0 Å². The van der Waals surface area contributed by atoms with Crippen molar-refractivity contribution >= 4 is 9.84 Å². The highest BCUT2D eigenvalue weighted by atomic mass is 32.2. The Morgan fingerprint density at radius 2 is 0.246 bits per heavy atom. The minimum atomic E-state index is -2.67. The molecular weight excluding hydrogens is 721 g/mol. The topological polar surface area (TPSA) is 52.6 Å². The van der Waals surface area contributed by atoms with Crippen molar-refractivity contribution in [1.82, 2.24) is 0 Å². The molecule has 0 saturated heterocycles. The van der Waals surface area contributed by atoms with E-state index in [-0.39, 0.29) is 29.7 Å². The van der Waals surface area contributed by atoms with Gasteiger partial charge in [0.15, 0.2) is 0 Å². The fourth-order valence-corrected chi connectivity index (χ4v) is 1.92. The lowest BCUT2D eigenvalue weighted by atomic mass is 10.4. The second-order valence-electron chi connectivity index (χ2n) is 7.73. The molecule has 0 atom stereocenters.